The van der Waals surface area contributed by atoms with E-state index in [0.29, 0.717) is 68.2 Å². The number of carbonyl (C=O) groups excluding carboxylic acids is 3. The van der Waals surface area contributed by atoms with Crippen LogP contribution in [0.25, 0.3) is 0 Å². The Morgan fingerprint density at radius 2 is 2.00 bits per heavy atom. The van der Waals surface area contributed by atoms with Crippen LogP contribution in [0, 0.1) is 0 Å². The Kier molecular flexibility index (Phi) is 6.56. The number of carbonyl (C=O) groups is 3. The summed E-state index contributed by atoms with van der Waals surface area (Å²) in [5.41, 5.74) is 1.92. The summed E-state index contributed by atoms with van der Waals surface area (Å²) in [5.74, 6) is 0.000149. The summed E-state index contributed by atoms with van der Waals surface area (Å²) in [6.45, 7) is 3.66. The number of hydrogen-bond acceptors (Lipinski definition) is 7. The third kappa shape index (κ3) is 4.67. The molecule has 0 saturated carbocycles. The topological polar surface area (TPSA) is 104 Å². The Morgan fingerprint density at radius 3 is 2.77 bits per heavy atom. The molecule has 1 spiro atoms. The summed E-state index contributed by atoms with van der Waals surface area (Å²) < 4.78 is 10.2. The molecule has 1 aromatic heterocycles. The van der Waals surface area contributed by atoms with Gasteiger partial charge in [0.1, 0.15) is 0 Å². The smallest absolute Gasteiger partial charge is 0.409 e. The molecule has 2 aromatic rings. The Labute approximate surface area is 211 Å². The third-order valence-electron chi connectivity index (χ3n) is 6.78. The van der Waals surface area contributed by atoms with Crippen molar-refractivity contribution >= 4 is 51.8 Å². The van der Waals surface area contributed by atoms with Gasteiger partial charge in [-0.2, -0.15) is 0 Å². The van der Waals surface area contributed by atoms with Crippen LogP contribution in [0.1, 0.15) is 17.7 Å². The van der Waals surface area contributed by atoms with E-state index >= 15 is 0 Å². The number of thiazole rings is 1. The van der Waals surface area contributed by atoms with Crippen molar-refractivity contribution in [2.24, 2.45) is 0 Å². The first-order valence-electron chi connectivity index (χ1n) is 11.4. The highest BCUT2D eigenvalue weighted by molar-refractivity contribution is 7.14. The quantitative estimate of drug-likeness (QED) is 0.668. The molecule has 0 aliphatic carbocycles. The van der Waals surface area contributed by atoms with Gasteiger partial charge in [0.05, 0.1) is 32.4 Å². The molecular formula is C23H26ClN5O5S. The highest BCUT2D eigenvalue weighted by Gasteiger charge is 2.50. The molecule has 4 amide bonds. The number of nitrogens with one attached hydrogen (secondary N) is 1. The molecule has 1 atom stereocenters. The van der Waals surface area contributed by atoms with Gasteiger partial charge in [0.2, 0.25) is 5.91 Å². The molecule has 10 nitrogen and oxygen atoms in total. The Morgan fingerprint density at radius 1 is 1.20 bits per heavy atom. The SMILES string of the molecule is COC(=O)N1CCC2(C1)CN(C(=O)Nc1nc(CC(=O)N3CCOCC3)cs1)c1ccc(Cl)cc12. The molecule has 1 unspecified atom stereocenters. The van der Waals surface area contributed by atoms with Crippen LogP contribution in [-0.4, -0.2) is 85.9 Å². The molecule has 2 saturated heterocycles. The van der Waals surface area contributed by atoms with Crippen molar-refractivity contribution in [3.63, 3.8) is 0 Å². The molecule has 0 radical (unpaired) electrons. The van der Waals surface area contributed by atoms with Gasteiger partial charge in [-0.15, -0.1) is 11.3 Å². The number of nitrogens with zero attached hydrogens (tertiary/aromatic N) is 4. The number of benzene rings is 1. The number of fused-ring (bicyclic) bond motifs is 2. The number of rotatable bonds is 3. The van der Waals surface area contributed by atoms with Crippen LogP contribution in [0.15, 0.2) is 23.6 Å². The van der Waals surface area contributed by atoms with Gasteiger partial charge < -0.3 is 19.3 Å². The summed E-state index contributed by atoms with van der Waals surface area (Å²) in [5, 5.41) is 5.67. The molecule has 3 aliphatic rings. The van der Waals surface area contributed by atoms with E-state index in [-0.39, 0.29) is 24.5 Å². The standard InChI is InChI=1S/C23H26ClN5O5S/c1-33-22(32)28-5-4-23(13-28)14-29(18-3-2-15(24)10-17(18)23)21(31)26-20-25-16(12-35-20)11-19(30)27-6-8-34-9-7-27/h2-3,10,12H,4-9,11,13-14H2,1H3,(H,25,26,31). The zero-order chi connectivity index (χ0) is 24.6. The minimum absolute atomic E-state index is 0.000149. The highest BCUT2D eigenvalue weighted by atomic mass is 35.5. The molecule has 0 bridgehead atoms. The molecule has 186 valence electrons. The van der Waals surface area contributed by atoms with E-state index in [9.17, 15) is 14.4 Å². The number of anilines is 2. The fourth-order valence-corrected chi connectivity index (χ4v) is 5.88. The zero-order valence-corrected chi connectivity index (χ0v) is 20.9. The minimum Gasteiger partial charge on any atom is -0.453 e. The van der Waals surface area contributed by atoms with Crippen LogP contribution in [0.5, 0.6) is 0 Å². The highest BCUT2D eigenvalue weighted by Crippen LogP contribution is 2.47. The van der Waals surface area contributed by atoms with Crippen molar-refractivity contribution in [3.8, 4) is 0 Å². The summed E-state index contributed by atoms with van der Waals surface area (Å²) in [6, 6.07) is 5.15. The number of methoxy groups -OCH3 is 1. The average molecular weight is 520 g/mol. The van der Waals surface area contributed by atoms with E-state index in [2.05, 4.69) is 10.3 Å². The predicted octanol–water partition coefficient (Wildman–Crippen LogP) is 2.96. The van der Waals surface area contributed by atoms with E-state index in [1.54, 1.807) is 26.1 Å². The predicted molar refractivity (Wildman–Crippen MR) is 131 cm³/mol. The fraction of sp³-hybridized carbons (Fsp3) is 0.478. The molecule has 12 heteroatoms. The van der Waals surface area contributed by atoms with Gasteiger partial charge in [-0.1, -0.05) is 11.6 Å². The number of likely N-dealkylation sites (tertiary alicyclic amines) is 1. The molecule has 3 aliphatic heterocycles. The molecular weight excluding hydrogens is 494 g/mol. The fourth-order valence-electron chi connectivity index (χ4n) is 5.01. The summed E-state index contributed by atoms with van der Waals surface area (Å²) in [7, 11) is 1.36. The van der Waals surface area contributed by atoms with Crippen molar-refractivity contribution in [1.29, 1.82) is 0 Å². The first-order chi connectivity index (χ1) is 16.9. The van der Waals surface area contributed by atoms with Gasteiger partial charge in [0.25, 0.3) is 0 Å². The van der Waals surface area contributed by atoms with Crippen molar-refractivity contribution in [1.82, 2.24) is 14.8 Å². The van der Waals surface area contributed by atoms with Gasteiger partial charge >= 0.3 is 12.1 Å². The van der Waals surface area contributed by atoms with Crippen molar-refractivity contribution < 1.29 is 23.9 Å². The van der Waals surface area contributed by atoms with Crippen molar-refractivity contribution in [2.45, 2.75) is 18.3 Å². The molecule has 5 rings (SSSR count). The number of urea groups is 1. The number of ether oxygens (including phenoxy) is 2. The van der Waals surface area contributed by atoms with Crippen LogP contribution in [0.4, 0.5) is 20.4 Å². The molecule has 1 N–H and O–H groups in total. The lowest BCUT2D eigenvalue weighted by molar-refractivity contribution is -0.134. The zero-order valence-electron chi connectivity index (χ0n) is 19.3. The van der Waals surface area contributed by atoms with Crippen molar-refractivity contribution in [3.05, 3.63) is 39.9 Å². The Balaban J connectivity index is 1.29. The molecule has 35 heavy (non-hydrogen) atoms. The average Bonchev–Trinajstić information content (AvgIpc) is 3.58. The maximum atomic E-state index is 13.3. The number of halogens is 1. The molecule has 1 aromatic carbocycles. The monoisotopic (exact) mass is 519 g/mol. The van der Waals surface area contributed by atoms with E-state index < -0.39 is 5.41 Å². The van der Waals surface area contributed by atoms with E-state index in [0.717, 1.165) is 11.3 Å². The minimum atomic E-state index is -0.412. The molecule has 4 heterocycles. The van der Waals surface area contributed by atoms with Gasteiger partial charge in [-0.3, -0.25) is 15.0 Å². The second-order valence-electron chi connectivity index (χ2n) is 8.91. The maximum Gasteiger partial charge on any atom is 0.409 e. The third-order valence-corrected chi connectivity index (χ3v) is 7.82. The second-order valence-corrected chi connectivity index (χ2v) is 10.2. The van der Waals surface area contributed by atoms with E-state index in [1.165, 1.54) is 18.4 Å². The molecule has 2 fully saturated rings. The number of morpholine rings is 1. The second kappa shape index (κ2) is 9.63. The van der Waals surface area contributed by atoms with Crippen molar-refractivity contribution in [2.75, 3.05) is 63.3 Å². The number of amides is 4. The Bertz CT molecular complexity index is 1150. The largest absolute Gasteiger partial charge is 0.453 e. The Hall–Kier alpha value is -2.89. The summed E-state index contributed by atoms with van der Waals surface area (Å²) in [6.07, 6.45) is 0.504. The van der Waals surface area contributed by atoms with Crippen LogP contribution in [0.2, 0.25) is 5.02 Å². The lowest BCUT2D eigenvalue weighted by Crippen LogP contribution is -2.41. The van der Waals surface area contributed by atoms with Gasteiger partial charge in [-0.05, 0) is 30.2 Å². The van der Waals surface area contributed by atoms with Crippen LogP contribution >= 0.6 is 22.9 Å². The lowest BCUT2D eigenvalue weighted by atomic mass is 9.81. The van der Waals surface area contributed by atoms with Gasteiger partial charge in [-0.25, -0.2) is 14.6 Å². The first-order valence-corrected chi connectivity index (χ1v) is 12.7. The van der Waals surface area contributed by atoms with Crippen LogP contribution in [0.3, 0.4) is 0 Å². The lowest BCUT2D eigenvalue weighted by Gasteiger charge is -2.26. The van der Waals surface area contributed by atoms with Gasteiger partial charge in [0, 0.05) is 54.2 Å². The van der Waals surface area contributed by atoms with E-state index in [4.69, 9.17) is 21.1 Å². The van der Waals surface area contributed by atoms with Crippen LogP contribution in [-0.2, 0) is 26.1 Å². The van der Waals surface area contributed by atoms with Gasteiger partial charge in [0.15, 0.2) is 5.13 Å². The number of hydrogen-bond donors (Lipinski definition) is 1. The first kappa shape index (κ1) is 23.8. The van der Waals surface area contributed by atoms with Crippen LogP contribution < -0.4 is 10.2 Å². The van der Waals surface area contributed by atoms with E-state index in [1.807, 2.05) is 12.1 Å². The summed E-state index contributed by atoms with van der Waals surface area (Å²) >= 11 is 7.58. The number of aromatic nitrogens is 1. The maximum absolute atomic E-state index is 13.3. The normalized spacial score (nSPS) is 21.4. The summed E-state index contributed by atoms with van der Waals surface area (Å²) in [4.78, 5) is 47.5.